The van der Waals surface area contributed by atoms with Gasteiger partial charge in [-0.05, 0) is 133 Å². The maximum absolute atomic E-state index is 6.44. The molecule has 0 unspecified atom stereocenters. The molecule has 0 atom stereocenters. The van der Waals surface area contributed by atoms with E-state index in [-0.39, 0.29) is 0 Å². The fourth-order valence-electron chi connectivity index (χ4n) is 9.54. The van der Waals surface area contributed by atoms with Crippen molar-refractivity contribution in [1.29, 1.82) is 0 Å². The predicted octanol–water partition coefficient (Wildman–Crippen LogP) is 13.0. The molecule has 0 radical (unpaired) electrons. The molecule has 14 rings (SSSR count). The van der Waals surface area contributed by atoms with Crippen molar-refractivity contribution in [3.05, 3.63) is 169 Å². The van der Waals surface area contributed by atoms with Crippen molar-refractivity contribution in [3.8, 4) is 22.5 Å². The van der Waals surface area contributed by atoms with Gasteiger partial charge in [0.1, 0.15) is 22.3 Å². The van der Waals surface area contributed by atoms with E-state index in [2.05, 4.69) is 183 Å². The van der Waals surface area contributed by atoms with Crippen molar-refractivity contribution in [3.63, 3.8) is 0 Å². The Hall–Kier alpha value is -8.10. The molecule has 0 bridgehead atoms. The van der Waals surface area contributed by atoms with Crippen LogP contribution in [0.4, 0.5) is 0 Å². The average molecular weight is 759 g/mol. The highest BCUT2D eigenvalue weighted by Crippen LogP contribution is 2.39. The molecular formula is C51H30N6O2. The van der Waals surface area contributed by atoms with Crippen LogP contribution in [-0.4, -0.2) is 27.9 Å². The fourth-order valence-corrected chi connectivity index (χ4v) is 9.54. The first-order chi connectivity index (χ1) is 29.1. The highest BCUT2D eigenvalue weighted by Gasteiger charge is 2.21. The van der Waals surface area contributed by atoms with Crippen LogP contribution in [-0.2, 0) is 0 Å². The number of para-hydroxylation sites is 6. The summed E-state index contributed by atoms with van der Waals surface area (Å²) in [7, 11) is 0. The first-order valence-electron chi connectivity index (χ1n) is 19.8. The van der Waals surface area contributed by atoms with Crippen LogP contribution in [0.25, 0.3) is 122 Å². The van der Waals surface area contributed by atoms with Crippen molar-refractivity contribution in [2.45, 2.75) is 6.92 Å². The van der Waals surface area contributed by atoms with E-state index in [9.17, 15) is 0 Å². The molecule has 0 amide bonds. The number of hydrogen-bond donors (Lipinski definition) is 0. The van der Waals surface area contributed by atoms with Crippen LogP contribution in [0, 0.1) is 6.92 Å². The summed E-state index contributed by atoms with van der Waals surface area (Å²) in [6, 6.07) is 57.6. The Morgan fingerprint density at radius 1 is 0.373 bits per heavy atom. The van der Waals surface area contributed by atoms with E-state index < -0.39 is 0 Å². The van der Waals surface area contributed by atoms with Gasteiger partial charge in [0, 0.05) is 21.5 Å². The van der Waals surface area contributed by atoms with Crippen LogP contribution in [0.2, 0.25) is 0 Å². The molecule has 6 heterocycles. The maximum atomic E-state index is 6.44. The molecule has 0 aliphatic carbocycles. The van der Waals surface area contributed by atoms with Crippen LogP contribution in [0.5, 0.6) is 0 Å². The lowest BCUT2D eigenvalue weighted by molar-refractivity contribution is 0.668. The lowest BCUT2D eigenvalue weighted by Crippen LogP contribution is -1.94. The lowest BCUT2D eigenvalue weighted by atomic mass is 10.0. The van der Waals surface area contributed by atoms with E-state index in [4.69, 9.17) is 18.8 Å². The van der Waals surface area contributed by atoms with E-state index in [0.717, 1.165) is 122 Å². The third kappa shape index (κ3) is 4.16. The molecule has 0 saturated carbocycles. The summed E-state index contributed by atoms with van der Waals surface area (Å²) in [4.78, 5) is 10.2. The first-order valence-corrected chi connectivity index (χ1v) is 19.8. The molecule has 8 heteroatoms. The molecule has 0 aliphatic rings. The van der Waals surface area contributed by atoms with Crippen molar-refractivity contribution in [1.82, 2.24) is 27.9 Å². The average Bonchev–Trinajstić information content (AvgIpc) is 4.11. The van der Waals surface area contributed by atoms with Gasteiger partial charge < -0.3 is 8.83 Å². The molecule has 8 nitrogen and oxygen atoms in total. The number of aromatic nitrogens is 6. The zero-order valence-corrected chi connectivity index (χ0v) is 31.6. The second-order valence-electron chi connectivity index (χ2n) is 15.6. The Labute approximate surface area is 334 Å². The SMILES string of the molecule is Cc1ccc2nc3n(-c4ccc5oc6ccc(-c7ccc8oc9ccc(-n%10c%11ccccc%11n%11c%12ccccc%12nc%10%11)cc9c8c7)cc6c5c4)c4ccccc4n3c2c1. The Kier molecular flexibility index (Phi) is 5.82. The highest BCUT2D eigenvalue weighted by atomic mass is 16.3. The van der Waals surface area contributed by atoms with Crippen molar-refractivity contribution < 1.29 is 8.83 Å². The number of benzene rings is 8. The molecule has 59 heavy (non-hydrogen) atoms. The molecule has 0 fully saturated rings. The summed E-state index contributed by atoms with van der Waals surface area (Å²) in [5.41, 5.74) is 17.4. The molecule has 276 valence electrons. The molecule has 0 spiro atoms. The summed E-state index contributed by atoms with van der Waals surface area (Å²) in [5.74, 6) is 1.77. The minimum Gasteiger partial charge on any atom is -0.456 e. The van der Waals surface area contributed by atoms with Gasteiger partial charge in [0.15, 0.2) is 0 Å². The van der Waals surface area contributed by atoms with Crippen LogP contribution in [0.1, 0.15) is 5.56 Å². The van der Waals surface area contributed by atoms with Gasteiger partial charge in [-0.3, -0.25) is 17.9 Å². The Bertz CT molecular complexity index is 4110. The highest BCUT2D eigenvalue weighted by molar-refractivity contribution is 6.10. The lowest BCUT2D eigenvalue weighted by Gasteiger charge is -2.06. The van der Waals surface area contributed by atoms with Crippen molar-refractivity contribution >= 4 is 99.6 Å². The summed E-state index contributed by atoms with van der Waals surface area (Å²) in [6.45, 7) is 2.13. The van der Waals surface area contributed by atoms with E-state index in [0.29, 0.717) is 0 Å². The Morgan fingerprint density at radius 3 is 1.37 bits per heavy atom. The maximum Gasteiger partial charge on any atom is 0.220 e. The number of aryl methyl sites for hydroxylation is 1. The second kappa shape index (κ2) is 11.1. The number of nitrogens with zero attached hydrogens (tertiary/aromatic N) is 6. The normalized spacial score (nSPS) is 12.5. The molecule has 6 aromatic heterocycles. The number of imidazole rings is 4. The minimum atomic E-state index is 0.845. The summed E-state index contributed by atoms with van der Waals surface area (Å²) in [6.07, 6.45) is 0. The minimum absolute atomic E-state index is 0.845. The van der Waals surface area contributed by atoms with Gasteiger partial charge in [0.05, 0.1) is 55.5 Å². The molecule has 14 aromatic rings. The van der Waals surface area contributed by atoms with Gasteiger partial charge in [0.25, 0.3) is 0 Å². The van der Waals surface area contributed by atoms with Crippen molar-refractivity contribution in [2.75, 3.05) is 0 Å². The number of fused-ring (bicyclic) bond motifs is 16. The second-order valence-corrected chi connectivity index (χ2v) is 15.6. The third-order valence-electron chi connectivity index (χ3n) is 12.2. The van der Waals surface area contributed by atoms with Gasteiger partial charge >= 0.3 is 0 Å². The predicted molar refractivity (Wildman–Crippen MR) is 237 cm³/mol. The van der Waals surface area contributed by atoms with Crippen LogP contribution in [0.3, 0.4) is 0 Å². The topological polar surface area (TPSA) is 70.7 Å². The first kappa shape index (κ1) is 31.0. The van der Waals surface area contributed by atoms with Crippen LogP contribution < -0.4 is 0 Å². The van der Waals surface area contributed by atoms with Gasteiger partial charge in [-0.2, -0.15) is 0 Å². The van der Waals surface area contributed by atoms with E-state index in [1.54, 1.807) is 0 Å². The van der Waals surface area contributed by atoms with Crippen LogP contribution in [0.15, 0.2) is 173 Å². The smallest absolute Gasteiger partial charge is 0.220 e. The quantitative estimate of drug-likeness (QED) is 0.180. The third-order valence-corrected chi connectivity index (χ3v) is 12.2. The van der Waals surface area contributed by atoms with E-state index in [1.165, 1.54) is 5.56 Å². The summed E-state index contributed by atoms with van der Waals surface area (Å²) < 4.78 is 21.9. The number of hydrogen-bond acceptors (Lipinski definition) is 4. The summed E-state index contributed by atoms with van der Waals surface area (Å²) in [5, 5.41) is 4.23. The summed E-state index contributed by atoms with van der Waals surface area (Å²) >= 11 is 0. The molecule has 0 aliphatic heterocycles. The van der Waals surface area contributed by atoms with Gasteiger partial charge in [-0.1, -0.05) is 54.6 Å². The Balaban J connectivity index is 0.925. The van der Waals surface area contributed by atoms with Crippen molar-refractivity contribution in [2.24, 2.45) is 0 Å². The zero-order chi connectivity index (χ0) is 38.5. The van der Waals surface area contributed by atoms with E-state index >= 15 is 0 Å². The largest absolute Gasteiger partial charge is 0.456 e. The monoisotopic (exact) mass is 758 g/mol. The molecule has 0 saturated heterocycles. The van der Waals surface area contributed by atoms with Gasteiger partial charge in [-0.15, -0.1) is 0 Å². The number of rotatable bonds is 3. The van der Waals surface area contributed by atoms with Crippen LogP contribution >= 0.6 is 0 Å². The zero-order valence-electron chi connectivity index (χ0n) is 31.6. The number of furan rings is 2. The van der Waals surface area contributed by atoms with Gasteiger partial charge in [-0.25, -0.2) is 9.97 Å². The molecule has 0 N–H and O–H groups in total. The molecular weight excluding hydrogens is 729 g/mol. The fraction of sp³-hybridized carbons (Fsp3) is 0.0196. The van der Waals surface area contributed by atoms with E-state index in [1.807, 2.05) is 6.07 Å². The molecule has 8 aromatic carbocycles. The Morgan fingerprint density at radius 2 is 0.814 bits per heavy atom. The van der Waals surface area contributed by atoms with Gasteiger partial charge in [0.2, 0.25) is 11.6 Å². The standard InChI is InChI=1S/C51H30N6O2/c1-29-14-19-39-45(24-29)57-44-13-7-5-11-42(44)55(51(57)53-39)33-18-23-49-37(28-33)35-26-31(16-21-47(35)59-49)30-15-20-46-34(25-30)36-27-32(17-22-48(36)58-46)54-41-10-4-6-12-43(41)56-40-9-3-2-8-38(40)52-50(54)56/h2-28H,1H3.